The van der Waals surface area contributed by atoms with Crippen LogP contribution < -0.4 is 10.1 Å². The van der Waals surface area contributed by atoms with Crippen LogP contribution >= 0.6 is 0 Å². The second-order valence-corrected chi connectivity index (χ2v) is 4.09. The Morgan fingerprint density at radius 3 is 2.67 bits per heavy atom. The molecule has 0 amide bonds. The van der Waals surface area contributed by atoms with Crippen LogP contribution in [0.4, 0.5) is 0 Å². The van der Waals surface area contributed by atoms with Gasteiger partial charge in [0.15, 0.2) is 0 Å². The Hall–Kier alpha value is -1.94. The lowest BCUT2D eigenvalue weighted by molar-refractivity contribution is 0.401. The molecule has 1 aromatic heterocycles. The summed E-state index contributed by atoms with van der Waals surface area (Å²) >= 11 is 0. The maximum Gasteiger partial charge on any atom is 0.123 e. The molecule has 1 aromatic carbocycles. The molecule has 0 unspecified atom stereocenters. The highest BCUT2D eigenvalue weighted by molar-refractivity contribution is 5.35. The summed E-state index contributed by atoms with van der Waals surface area (Å²) < 4.78 is 5.35. The van der Waals surface area contributed by atoms with E-state index in [1.54, 1.807) is 7.11 Å². The van der Waals surface area contributed by atoms with Gasteiger partial charge in [0, 0.05) is 36.1 Å². The van der Waals surface area contributed by atoms with Crippen molar-refractivity contribution < 1.29 is 4.74 Å². The number of para-hydroxylation sites is 1. The molecule has 18 heavy (non-hydrogen) atoms. The fourth-order valence-corrected chi connectivity index (χ4v) is 1.83. The lowest BCUT2D eigenvalue weighted by Crippen LogP contribution is -2.18. The number of nitrogens with one attached hydrogen (secondary N) is 1. The van der Waals surface area contributed by atoms with Crippen molar-refractivity contribution >= 4 is 0 Å². The van der Waals surface area contributed by atoms with Crippen LogP contribution in [0.3, 0.4) is 0 Å². The van der Waals surface area contributed by atoms with E-state index in [0.717, 1.165) is 23.4 Å². The van der Waals surface area contributed by atoms with E-state index in [0.29, 0.717) is 0 Å². The quantitative estimate of drug-likeness (QED) is 0.875. The third-order valence-corrected chi connectivity index (χ3v) is 2.83. The predicted octanol–water partition coefficient (Wildman–Crippen LogP) is 2.34. The van der Waals surface area contributed by atoms with Crippen molar-refractivity contribution in [2.24, 2.45) is 0 Å². The molecule has 0 spiro atoms. The van der Waals surface area contributed by atoms with Crippen LogP contribution in [0.2, 0.25) is 0 Å². The number of rotatable bonds is 5. The molecule has 0 aliphatic heterocycles. The van der Waals surface area contributed by atoms with Gasteiger partial charge in [-0.25, -0.2) is 9.97 Å². The molecular weight excluding hydrogens is 226 g/mol. The molecule has 2 rings (SSSR count). The molecule has 94 valence electrons. The topological polar surface area (TPSA) is 47.0 Å². The van der Waals surface area contributed by atoms with Gasteiger partial charge >= 0.3 is 0 Å². The summed E-state index contributed by atoms with van der Waals surface area (Å²) in [6.45, 7) is 2.85. The van der Waals surface area contributed by atoms with E-state index in [1.807, 2.05) is 30.6 Å². The summed E-state index contributed by atoms with van der Waals surface area (Å²) in [6, 6.07) is 8.24. The third kappa shape index (κ3) is 3.05. The van der Waals surface area contributed by atoms with Crippen molar-refractivity contribution in [3.05, 3.63) is 54.1 Å². The highest BCUT2D eigenvalue weighted by Crippen LogP contribution is 2.24. The van der Waals surface area contributed by atoms with Crippen LogP contribution in [0.15, 0.2) is 43.0 Å². The first kappa shape index (κ1) is 12.5. The lowest BCUT2D eigenvalue weighted by Gasteiger charge is -2.17. The number of ether oxygens (including phenoxy) is 1. The largest absolute Gasteiger partial charge is 0.496 e. The fraction of sp³-hybridized carbons (Fsp3) is 0.286. The molecule has 1 atom stereocenters. The first-order valence-electron chi connectivity index (χ1n) is 5.91. The highest BCUT2D eigenvalue weighted by Gasteiger charge is 2.09. The molecule has 0 bridgehead atoms. The number of benzene rings is 1. The zero-order valence-electron chi connectivity index (χ0n) is 10.6. The van der Waals surface area contributed by atoms with Gasteiger partial charge in [-0.05, 0) is 13.0 Å². The van der Waals surface area contributed by atoms with Crippen molar-refractivity contribution in [1.82, 2.24) is 15.3 Å². The molecule has 4 heteroatoms. The molecule has 1 N–H and O–H groups in total. The molecule has 0 fully saturated rings. The number of nitrogens with zero attached hydrogens (tertiary/aromatic N) is 2. The Bertz CT molecular complexity index is 487. The zero-order chi connectivity index (χ0) is 12.8. The molecule has 1 heterocycles. The van der Waals surface area contributed by atoms with Gasteiger partial charge in [-0.1, -0.05) is 18.2 Å². The molecule has 2 aromatic rings. The Morgan fingerprint density at radius 1 is 1.22 bits per heavy atom. The summed E-state index contributed by atoms with van der Waals surface area (Å²) in [5.41, 5.74) is 2.22. The van der Waals surface area contributed by atoms with Gasteiger partial charge in [-0.15, -0.1) is 0 Å². The summed E-state index contributed by atoms with van der Waals surface area (Å²) in [6.07, 6.45) is 5.16. The number of hydrogen-bond donors (Lipinski definition) is 1. The zero-order valence-corrected chi connectivity index (χ0v) is 10.6. The average Bonchev–Trinajstić information content (AvgIpc) is 2.45. The molecule has 0 aliphatic rings. The predicted molar refractivity (Wildman–Crippen MR) is 70.3 cm³/mol. The summed E-state index contributed by atoms with van der Waals surface area (Å²) in [4.78, 5) is 7.99. The Labute approximate surface area is 107 Å². The normalized spacial score (nSPS) is 12.1. The number of aromatic nitrogens is 2. The number of methoxy groups -OCH3 is 1. The van der Waals surface area contributed by atoms with E-state index >= 15 is 0 Å². The highest BCUT2D eigenvalue weighted by atomic mass is 16.5. The third-order valence-electron chi connectivity index (χ3n) is 2.83. The van der Waals surface area contributed by atoms with Gasteiger partial charge in [0.25, 0.3) is 0 Å². The van der Waals surface area contributed by atoms with Gasteiger partial charge < -0.3 is 10.1 Å². The summed E-state index contributed by atoms with van der Waals surface area (Å²) in [5, 5.41) is 3.43. The fourth-order valence-electron chi connectivity index (χ4n) is 1.83. The monoisotopic (exact) mass is 243 g/mol. The van der Waals surface area contributed by atoms with Gasteiger partial charge in [0.2, 0.25) is 0 Å². The van der Waals surface area contributed by atoms with E-state index in [9.17, 15) is 0 Å². The molecule has 0 radical (unpaired) electrons. The minimum absolute atomic E-state index is 0.210. The van der Waals surface area contributed by atoms with Crippen LogP contribution in [-0.2, 0) is 6.54 Å². The smallest absolute Gasteiger partial charge is 0.123 e. The first-order chi connectivity index (χ1) is 8.81. The molecule has 4 nitrogen and oxygen atoms in total. The van der Waals surface area contributed by atoms with E-state index < -0.39 is 0 Å². The molecule has 0 saturated heterocycles. The van der Waals surface area contributed by atoms with E-state index in [2.05, 4.69) is 28.3 Å². The van der Waals surface area contributed by atoms with Gasteiger partial charge in [-0.3, -0.25) is 0 Å². The standard InChI is InChI=1S/C14H17N3O/c1-11(13-5-3-4-6-14(13)18-2)17-9-12-7-15-10-16-8-12/h3-8,10-11,17H,9H2,1-2H3/t11-/m1/s1. The molecular formula is C14H17N3O. The van der Waals surface area contributed by atoms with Gasteiger partial charge in [0.1, 0.15) is 12.1 Å². The first-order valence-corrected chi connectivity index (χ1v) is 5.91. The van der Waals surface area contributed by atoms with E-state index in [-0.39, 0.29) is 6.04 Å². The SMILES string of the molecule is COc1ccccc1[C@@H](C)NCc1cncnc1. The minimum atomic E-state index is 0.210. The van der Waals surface area contributed by atoms with Crippen molar-refractivity contribution in [3.63, 3.8) is 0 Å². The maximum atomic E-state index is 5.35. The minimum Gasteiger partial charge on any atom is -0.496 e. The van der Waals surface area contributed by atoms with E-state index in [1.165, 1.54) is 6.33 Å². The second-order valence-electron chi connectivity index (χ2n) is 4.09. The van der Waals surface area contributed by atoms with E-state index in [4.69, 9.17) is 4.74 Å². The summed E-state index contributed by atoms with van der Waals surface area (Å²) in [7, 11) is 1.69. The number of hydrogen-bond acceptors (Lipinski definition) is 4. The van der Waals surface area contributed by atoms with Gasteiger partial charge in [-0.2, -0.15) is 0 Å². The van der Waals surface area contributed by atoms with Crippen LogP contribution in [-0.4, -0.2) is 17.1 Å². The molecule has 0 aliphatic carbocycles. The van der Waals surface area contributed by atoms with Crippen LogP contribution in [0.5, 0.6) is 5.75 Å². The van der Waals surface area contributed by atoms with Gasteiger partial charge in [0.05, 0.1) is 7.11 Å². The van der Waals surface area contributed by atoms with Crippen molar-refractivity contribution in [2.75, 3.05) is 7.11 Å². The summed E-state index contributed by atoms with van der Waals surface area (Å²) in [5.74, 6) is 0.904. The molecule has 0 saturated carbocycles. The maximum absolute atomic E-state index is 5.35. The van der Waals surface area contributed by atoms with Crippen LogP contribution in [0.1, 0.15) is 24.1 Å². The Morgan fingerprint density at radius 2 is 1.94 bits per heavy atom. The van der Waals surface area contributed by atoms with Crippen molar-refractivity contribution in [2.45, 2.75) is 19.5 Å². The average molecular weight is 243 g/mol. The Balaban J connectivity index is 2.01. The second kappa shape index (κ2) is 6.12. The Kier molecular flexibility index (Phi) is 4.25. The lowest BCUT2D eigenvalue weighted by atomic mass is 10.1. The van der Waals surface area contributed by atoms with Crippen molar-refractivity contribution in [1.29, 1.82) is 0 Å². The van der Waals surface area contributed by atoms with Crippen LogP contribution in [0.25, 0.3) is 0 Å². The van der Waals surface area contributed by atoms with Crippen LogP contribution in [0, 0.1) is 0 Å². The van der Waals surface area contributed by atoms with Crippen molar-refractivity contribution in [3.8, 4) is 5.75 Å².